The Morgan fingerprint density at radius 2 is 2.00 bits per heavy atom. The van der Waals surface area contributed by atoms with E-state index in [2.05, 4.69) is 10.3 Å². The van der Waals surface area contributed by atoms with Gasteiger partial charge in [0.15, 0.2) is 5.58 Å². The first-order chi connectivity index (χ1) is 7.78. The predicted octanol–water partition coefficient (Wildman–Crippen LogP) is 1.37. The summed E-state index contributed by atoms with van der Waals surface area (Å²) in [6.45, 7) is 1.85. The number of nitrogens with zero attached hydrogens (tertiary/aromatic N) is 1. The molecule has 0 atom stereocenters. The van der Waals surface area contributed by atoms with Gasteiger partial charge in [-0.15, -0.1) is 0 Å². The number of rotatable bonds is 1. The van der Waals surface area contributed by atoms with Crippen LogP contribution >= 0.6 is 0 Å². The first kappa shape index (κ1) is 9.81. The molecule has 2 aromatic rings. The van der Waals surface area contributed by atoms with Crippen LogP contribution in [0.5, 0.6) is 0 Å². The van der Waals surface area contributed by atoms with Gasteiger partial charge in [-0.05, 0) is 38.1 Å². The monoisotopic (exact) mass is 217 g/mol. The van der Waals surface area contributed by atoms with Gasteiger partial charge in [0.2, 0.25) is 5.89 Å². The van der Waals surface area contributed by atoms with E-state index in [9.17, 15) is 0 Å². The van der Waals surface area contributed by atoms with E-state index in [0.29, 0.717) is 5.89 Å². The quantitative estimate of drug-likeness (QED) is 0.757. The highest BCUT2D eigenvalue weighted by Gasteiger charge is 2.34. The van der Waals surface area contributed by atoms with Crippen LogP contribution in [0, 0.1) is 0 Å². The second-order valence-corrected chi connectivity index (χ2v) is 4.39. The number of aromatic nitrogens is 1. The molecule has 0 bridgehead atoms. The molecule has 3 rings (SSSR count). The zero-order chi connectivity index (χ0) is 11.0. The third-order valence-corrected chi connectivity index (χ3v) is 3.22. The molecular formula is C12H15N3O. The predicted molar refractivity (Wildman–Crippen MR) is 62.0 cm³/mol. The van der Waals surface area contributed by atoms with Crippen LogP contribution in [-0.2, 0) is 5.54 Å². The van der Waals surface area contributed by atoms with Crippen LogP contribution in [0.4, 0.5) is 0 Å². The van der Waals surface area contributed by atoms with Gasteiger partial charge in [-0.2, -0.15) is 0 Å². The maximum atomic E-state index is 6.35. The highest BCUT2D eigenvalue weighted by molar-refractivity contribution is 5.72. The molecule has 0 spiro atoms. The van der Waals surface area contributed by atoms with Gasteiger partial charge in [0.1, 0.15) is 5.52 Å². The van der Waals surface area contributed by atoms with E-state index in [1.807, 2.05) is 24.3 Å². The number of nitrogens with two attached hydrogens (primary N) is 1. The first-order valence-corrected chi connectivity index (χ1v) is 5.64. The van der Waals surface area contributed by atoms with Crippen molar-refractivity contribution in [2.24, 2.45) is 5.73 Å². The van der Waals surface area contributed by atoms with Gasteiger partial charge in [-0.1, -0.05) is 12.1 Å². The van der Waals surface area contributed by atoms with Crippen LogP contribution in [0.1, 0.15) is 18.7 Å². The minimum atomic E-state index is -0.399. The SMILES string of the molecule is NC1(c2nc3ccccc3o2)CCNCC1. The Morgan fingerprint density at radius 3 is 2.75 bits per heavy atom. The highest BCUT2D eigenvalue weighted by atomic mass is 16.4. The Balaban J connectivity index is 2.04. The van der Waals surface area contributed by atoms with E-state index in [0.717, 1.165) is 37.0 Å². The van der Waals surface area contributed by atoms with Gasteiger partial charge in [0, 0.05) is 0 Å². The van der Waals surface area contributed by atoms with Crippen LogP contribution < -0.4 is 11.1 Å². The maximum absolute atomic E-state index is 6.35. The van der Waals surface area contributed by atoms with Crippen molar-refractivity contribution in [2.45, 2.75) is 18.4 Å². The summed E-state index contributed by atoms with van der Waals surface area (Å²) in [5.41, 5.74) is 7.66. The number of hydrogen-bond donors (Lipinski definition) is 2. The van der Waals surface area contributed by atoms with Crippen molar-refractivity contribution in [3.8, 4) is 0 Å². The van der Waals surface area contributed by atoms with E-state index in [-0.39, 0.29) is 0 Å². The number of nitrogens with one attached hydrogen (secondary N) is 1. The molecule has 1 saturated heterocycles. The van der Waals surface area contributed by atoms with Gasteiger partial charge in [-0.25, -0.2) is 4.98 Å². The molecule has 1 fully saturated rings. The number of fused-ring (bicyclic) bond motifs is 1. The van der Waals surface area contributed by atoms with Crippen LogP contribution in [0.25, 0.3) is 11.1 Å². The summed E-state index contributed by atoms with van der Waals surface area (Å²) in [7, 11) is 0. The van der Waals surface area contributed by atoms with Gasteiger partial charge in [-0.3, -0.25) is 0 Å². The van der Waals surface area contributed by atoms with Gasteiger partial charge in [0.05, 0.1) is 5.54 Å². The zero-order valence-corrected chi connectivity index (χ0v) is 9.07. The summed E-state index contributed by atoms with van der Waals surface area (Å²) in [6, 6.07) is 7.78. The third kappa shape index (κ3) is 1.50. The number of benzene rings is 1. The maximum Gasteiger partial charge on any atom is 0.215 e. The molecule has 0 amide bonds. The van der Waals surface area contributed by atoms with Gasteiger partial charge < -0.3 is 15.5 Å². The van der Waals surface area contributed by atoms with E-state index >= 15 is 0 Å². The summed E-state index contributed by atoms with van der Waals surface area (Å²) in [4.78, 5) is 4.49. The van der Waals surface area contributed by atoms with Gasteiger partial charge >= 0.3 is 0 Å². The second kappa shape index (κ2) is 3.57. The summed E-state index contributed by atoms with van der Waals surface area (Å²) in [5, 5.41) is 3.29. The van der Waals surface area contributed by atoms with E-state index in [1.54, 1.807) is 0 Å². The minimum Gasteiger partial charge on any atom is -0.439 e. The Morgan fingerprint density at radius 1 is 1.25 bits per heavy atom. The molecule has 0 saturated carbocycles. The lowest BCUT2D eigenvalue weighted by atomic mass is 9.89. The van der Waals surface area contributed by atoms with E-state index in [4.69, 9.17) is 10.2 Å². The second-order valence-electron chi connectivity index (χ2n) is 4.39. The first-order valence-electron chi connectivity index (χ1n) is 5.64. The zero-order valence-electron chi connectivity index (χ0n) is 9.07. The van der Waals surface area contributed by atoms with E-state index < -0.39 is 5.54 Å². The molecule has 1 aromatic heterocycles. The standard InChI is InChI=1S/C12H15N3O/c13-12(5-7-14-8-6-12)11-15-9-3-1-2-4-10(9)16-11/h1-4,14H,5-8,13H2. The molecule has 0 aliphatic carbocycles. The lowest BCUT2D eigenvalue weighted by Crippen LogP contribution is -2.46. The van der Waals surface area contributed by atoms with Gasteiger partial charge in [0.25, 0.3) is 0 Å². The number of para-hydroxylation sites is 2. The lowest BCUT2D eigenvalue weighted by Gasteiger charge is -2.30. The number of hydrogen-bond acceptors (Lipinski definition) is 4. The molecule has 4 nitrogen and oxygen atoms in total. The normalized spacial score (nSPS) is 20.1. The molecule has 84 valence electrons. The van der Waals surface area contributed by atoms with Crippen molar-refractivity contribution in [1.29, 1.82) is 0 Å². The Hall–Kier alpha value is -1.39. The molecule has 1 aromatic carbocycles. The van der Waals surface area contributed by atoms with Crippen molar-refractivity contribution >= 4 is 11.1 Å². The fourth-order valence-corrected chi connectivity index (χ4v) is 2.17. The van der Waals surface area contributed by atoms with Crippen LogP contribution in [0.2, 0.25) is 0 Å². The molecule has 1 aliphatic rings. The molecule has 0 radical (unpaired) electrons. The Kier molecular flexibility index (Phi) is 2.19. The van der Waals surface area contributed by atoms with Crippen molar-refractivity contribution in [3.63, 3.8) is 0 Å². The van der Waals surface area contributed by atoms with Crippen molar-refractivity contribution in [1.82, 2.24) is 10.3 Å². The average molecular weight is 217 g/mol. The summed E-state index contributed by atoms with van der Waals surface area (Å²) in [5.74, 6) is 0.676. The molecule has 2 heterocycles. The molecular weight excluding hydrogens is 202 g/mol. The average Bonchev–Trinajstić information content (AvgIpc) is 2.74. The van der Waals surface area contributed by atoms with E-state index in [1.165, 1.54) is 0 Å². The van der Waals surface area contributed by atoms with Crippen molar-refractivity contribution < 1.29 is 4.42 Å². The molecule has 1 aliphatic heterocycles. The smallest absolute Gasteiger partial charge is 0.215 e. The van der Waals surface area contributed by atoms with Crippen LogP contribution in [0.3, 0.4) is 0 Å². The summed E-state index contributed by atoms with van der Waals surface area (Å²) in [6.07, 6.45) is 1.75. The van der Waals surface area contributed by atoms with Crippen molar-refractivity contribution in [3.05, 3.63) is 30.2 Å². The fraction of sp³-hybridized carbons (Fsp3) is 0.417. The number of piperidine rings is 1. The third-order valence-electron chi connectivity index (χ3n) is 3.22. The number of oxazole rings is 1. The van der Waals surface area contributed by atoms with Crippen LogP contribution in [0.15, 0.2) is 28.7 Å². The molecule has 0 unspecified atom stereocenters. The molecule has 4 heteroatoms. The Bertz CT molecular complexity index is 467. The fourth-order valence-electron chi connectivity index (χ4n) is 2.17. The summed E-state index contributed by atoms with van der Waals surface area (Å²) >= 11 is 0. The highest BCUT2D eigenvalue weighted by Crippen LogP contribution is 2.29. The van der Waals surface area contributed by atoms with Crippen molar-refractivity contribution in [2.75, 3.05) is 13.1 Å². The molecule has 16 heavy (non-hydrogen) atoms. The van der Waals surface area contributed by atoms with Crippen LogP contribution in [-0.4, -0.2) is 18.1 Å². The minimum absolute atomic E-state index is 0.399. The molecule has 3 N–H and O–H groups in total. The topological polar surface area (TPSA) is 64.1 Å². The lowest BCUT2D eigenvalue weighted by molar-refractivity contribution is 0.259. The summed E-state index contributed by atoms with van der Waals surface area (Å²) < 4.78 is 5.75. The Labute approximate surface area is 93.8 Å². The largest absolute Gasteiger partial charge is 0.439 e.